The molecule has 0 aromatic heterocycles. The zero-order valence-corrected chi connectivity index (χ0v) is 18.0. The van der Waals surface area contributed by atoms with Gasteiger partial charge in [0.25, 0.3) is 5.91 Å². The van der Waals surface area contributed by atoms with Crippen LogP contribution < -0.4 is 14.8 Å². The Kier molecular flexibility index (Phi) is 8.20. The second-order valence-corrected chi connectivity index (χ2v) is 6.98. The van der Waals surface area contributed by atoms with Crippen LogP contribution in [0, 0.1) is 12.7 Å². The molecule has 0 heterocycles. The van der Waals surface area contributed by atoms with Gasteiger partial charge in [0, 0.05) is 11.3 Å². The minimum atomic E-state index is -0.310. The molecule has 1 N–H and O–H groups in total. The Morgan fingerprint density at radius 3 is 2.59 bits per heavy atom. The molecule has 166 valence electrons. The zero-order chi connectivity index (χ0) is 22.8. The van der Waals surface area contributed by atoms with Crippen LogP contribution in [0.15, 0.2) is 71.9 Å². The third kappa shape index (κ3) is 7.12. The standard InChI is InChI=1S/C25H25FN2O4/c1-3-30-24-14-19(9-12-23(24)31-16-20-5-4-6-21(26)13-20)15-27-32-17-25(29)28-22-10-7-18(2)8-11-22/h4-15H,3,16-17H2,1-2H3,(H,28,29)/b27-15+. The van der Waals surface area contributed by atoms with Gasteiger partial charge >= 0.3 is 0 Å². The molecule has 6 nitrogen and oxygen atoms in total. The number of aryl methyl sites for hydroxylation is 1. The van der Waals surface area contributed by atoms with E-state index in [4.69, 9.17) is 14.3 Å². The molecule has 0 fully saturated rings. The lowest BCUT2D eigenvalue weighted by Crippen LogP contribution is -2.16. The number of ether oxygens (including phenoxy) is 2. The fraction of sp³-hybridized carbons (Fsp3) is 0.200. The van der Waals surface area contributed by atoms with Crippen LogP contribution >= 0.6 is 0 Å². The van der Waals surface area contributed by atoms with Crippen molar-refractivity contribution >= 4 is 17.8 Å². The zero-order valence-electron chi connectivity index (χ0n) is 18.0. The Hall–Kier alpha value is -3.87. The topological polar surface area (TPSA) is 69.2 Å². The number of rotatable bonds is 10. The fourth-order valence-corrected chi connectivity index (χ4v) is 2.81. The fourth-order valence-electron chi connectivity index (χ4n) is 2.81. The van der Waals surface area contributed by atoms with E-state index in [1.54, 1.807) is 30.3 Å². The van der Waals surface area contributed by atoms with E-state index in [2.05, 4.69) is 10.5 Å². The lowest BCUT2D eigenvalue weighted by atomic mass is 10.2. The van der Waals surface area contributed by atoms with Crippen LogP contribution in [0.5, 0.6) is 11.5 Å². The van der Waals surface area contributed by atoms with Crippen molar-refractivity contribution in [3.8, 4) is 11.5 Å². The summed E-state index contributed by atoms with van der Waals surface area (Å²) in [4.78, 5) is 17.0. The van der Waals surface area contributed by atoms with Gasteiger partial charge in [-0.3, -0.25) is 4.79 Å². The molecule has 0 radical (unpaired) electrons. The van der Waals surface area contributed by atoms with Crippen molar-refractivity contribution in [2.45, 2.75) is 20.5 Å². The predicted molar refractivity (Wildman–Crippen MR) is 122 cm³/mol. The number of oxime groups is 1. The molecule has 0 spiro atoms. The number of nitrogens with zero attached hydrogens (tertiary/aromatic N) is 1. The first-order chi connectivity index (χ1) is 15.5. The van der Waals surface area contributed by atoms with Crippen LogP contribution in [-0.4, -0.2) is 25.3 Å². The van der Waals surface area contributed by atoms with Gasteiger partial charge in [-0.05, 0) is 61.9 Å². The van der Waals surface area contributed by atoms with Crippen LogP contribution in [-0.2, 0) is 16.2 Å². The average molecular weight is 436 g/mol. The number of amides is 1. The van der Waals surface area contributed by atoms with Crippen molar-refractivity contribution in [3.05, 3.63) is 89.2 Å². The van der Waals surface area contributed by atoms with Crippen molar-refractivity contribution in [1.82, 2.24) is 0 Å². The highest BCUT2D eigenvalue weighted by atomic mass is 19.1. The molecule has 0 atom stereocenters. The van der Waals surface area contributed by atoms with E-state index in [9.17, 15) is 9.18 Å². The number of hydrogen-bond acceptors (Lipinski definition) is 5. The van der Waals surface area contributed by atoms with Gasteiger partial charge < -0.3 is 19.6 Å². The van der Waals surface area contributed by atoms with Crippen LogP contribution in [0.3, 0.4) is 0 Å². The monoisotopic (exact) mass is 436 g/mol. The molecule has 3 aromatic rings. The minimum Gasteiger partial charge on any atom is -0.490 e. The van der Waals surface area contributed by atoms with Gasteiger partial charge in [-0.1, -0.05) is 35.0 Å². The number of nitrogens with one attached hydrogen (secondary N) is 1. The van der Waals surface area contributed by atoms with E-state index in [-0.39, 0.29) is 24.9 Å². The number of anilines is 1. The highest BCUT2D eigenvalue weighted by Gasteiger charge is 2.07. The Balaban J connectivity index is 1.54. The maximum Gasteiger partial charge on any atom is 0.265 e. The molecule has 3 aromatic carbocycles. The van der Waals surface area contributed by atoms with E-state index < -0.39 is 0 Å². The lowest BCUT2D eigenvalue weighted by Gasteiger charge is -2.12. The molecular formula is C25H25FN2O4. The maximum atomic E-state index is 13.3. The number of hydrogen-bond donors (Lipinski definition) is 1. The van der Waals surface area contributed by atoms with Gasteiger partial charge in [0.05, 0.1) is 12.8 Å². The molecule has 7 heteroatoms. The highest BCUT2D eigenvalue weighted by molar-refractivity contribution is 5.91. The molecule has 0 saturated carbocycles. The van der Waals surface area contributed by atoms with Crippen molar-refractivity contribution in [2.24, 2.45) is 5.16 Å². The quantitative estimate of drug-likeness (QED) is 0.355. The van der Waals surface area contributed by atoms with Crippen LogP contribution in [0.2, 0.25) is 0 Å². The molecule has 0 aliphatic rings. The molecule has 0 unspecified atom stereocenters. The smallest absolute Gasteiger partial charge is 0.265 e. The highest BCUT2D eigenvalue weighted by Crippen LogP contribution is 2.29. The number of halogens is 1. The number of carbonyl (C=O) groups is 1. The molecule has 32 heavy (non-hydrogen) atoms. The normalized spacial score (nSPS) is 10.7. The van der Waals surface area contributed by atoms with E-state index in [1.807, 2.05) is 38.1 Å². The minimum absolute atomic E-state index is 0.211. The summed E-state index contributed by atoms with van der Waals surface area (Å²) in [5, 5.41) is 6.58. The predicted octanol–water partition coefficient (Wildman–Crippen LogP) is 5.10. The summed E-state index contributed by atoms with van der Waals surface area (Å²) in [5.74, 6) is 0.453. The molecule has 1 amide bonds. The van der Waals surface area contributed by atoms with Crippen molar-refractivity contribution < 1.29 is 23.5 Å². The molecule has 3 rings (SSSR count). The molecule has 0 aliphatic heterocycles. The number of benzene rings is 3. The molecule has 0 bridgehead atoms. The Morgan fingerprint density at radius 2 is 1.84 bits per heavy atom. The second-order valence-electron chi connectivity index (χ2n) is 6.98. The average Bonchev–Trinajstić information content (AvgIpc) is 2.78. The largest absolute Gasteiger partial charge is 0.490 e. The Labute approximate surface area is 186 Å². The van der Waals surface area contributed by atoms with Crippen LogP contribution in [0.25, 0.3) is 0 Å². The lowest BCUT2D eigenvalue weighted by molar-refractivity contribution is -0.120. The Morgan fingerprint density at radius 1 is 1.03 bits per heavy atom. The first kappa shape index (κ1) is 22.8. The van der Waals surface area contributed by atoms with Gasteiger partial charge in [0.2, 0.25) is 0 Å². The first-order valence-corrected chi connectivity index (χ1v) is 10.2. The van der Waals surface area contributed by atoms with Gasteiger partial charge in [0.1, 0.15) is 12.4 Å². The summed E-state index contributed by atoms with van der Waals surface area (Å²) >= 11 is 0. The maximum absolute atomic E-state index is 13.3. The second kappa shape index (κ2) is 11.5. The van der Waals surface area contributed by atoms with Crippen molar-refractivity contribution in [3.63, 3.8) is 0 Å². The SMILES string of the molecule is CCOc1cc(/C=N/OCC(=O)Nc2ccc(C)cc2)ccc1OCc1cccc(F)c1. The van der Waals surface area contributed by atoms with E-state index in [0.717, 1.165) is 11.1 Å². The van der Waals surface area contributed by atoms with Crippen LogP contribution in [0.4, 0.5) is 10.1 Å². The van der Waals surface area contributed by atoms with Gasteiger partial charge in [-0.15, -0.1) is 0 Å². The summed E-state index contributed by atoms with van der Waals surface area (Å²) in [6.07, 6.45) is 1.48. The molecule has 0 saturated heterocycles. The molecular weight excluding hydrogens is 411 g/mol. The van der Waals surface area contributed by atoms with Crippen molar-refractivity contribution in [1.29, 1.82) is 0 Å². The van der Waals surface area contributed by atoms with E-state index >= 15 is 0 Å². The van der Waals surface area contributed by atoms with Crippen LogP contribution in [0.1, 0.15) is 23.6 Å². The van der Waals surface area contributed by atoms with E-state index in [1.165, 1.54) is 18.3 Å². The first-order valence-electron chi connectivity index (χ1n) is 10.2. The summed E-state index contributed by atoms with van der Waals surface area (Å²) < 4.78 is 24.8. The third-order valence-electron chi connectivity index (χ3n) is 4.36. The Bertz CT molecular complexity index is 1070. The summed E-state index contributed by atoms with van der Waals surface area (Å²) in [5.41, 5.74) is 3.24. The van der Waals surface area contributed by atoms with Gasteiger partial charge in [0.15, 0.2) is 18.1 Å². The van der Waals surface area contributed by atoms with Gasteiger partial charge in [-0.2, -0.15) is 0 Å². The van der Waals surface area contributed by atoms with Gasteiger partial charge in [-0.25, -0.2) is 4.39 Å². The summed E-state index contributed by atoms with van der Waals surface area (Å²) in [6.45, 7) is 4.30. The van der Waals surface area contributed by atoms with Crippen molar-refractivity contribution in [2.75, 3.05) is 18.5 Å². The third-order valence-corrected chi connectivity index (χ3v) is 4.36. The van der Waals surface area contributed by atoms with E-state index in [0.29, 0.717) is 29.4 Å². The summed E-state index contributed by atoms with van der Waals surface area (Å²) in [6, 6.07) is 19.0. The summed E-state index contributed by atoms with van der Waals surface area (Å²) in [7, 11) is 0. The molecule has 0 aliphatic carbocycles. The number of carbonyl (C=O) groups excluding carboxylic acids is 1.